The topological polar surface area (TPSA) is 48.5 Å². The highest BCUT2D eigenvalue weighted by molar-refractivity contribution is 5.74. The van der Waals surface area contributed by atoms with Crippen LogP contribution < -0.4 is 5.32 Å². The van der Waals surface area contributed by atoms with Crippen molar-refractivity contribution in [1.29, 1.82) is 0 Å². The molecular weight excluding hydrogens is 312 g/mol. The molecule has 0 bridgehead atoms. The van der Waals surface area contributed by atoms with E-state index in [-0.39, 0.29) is 18.1 Å². The SMILES string of the molecule is Cc1ccc(C(CNC(=O)N(C)C(C)c2ccccn2)N(C)C)cc1. The average molecular weight is 340 g/mol. The fourth-order valence-corrected chi connectivity index (χ4v) is 2.69. The molecule has 25 heavy (non-hydrogen) atoms. The number of nitrogens with one attached hydrogen (secondary N) is 1. The highest BCUT2D eigenvalue weighted by Gasteiger charge is 2.20. The molecule has 1 aromatic heterocycles. The van der Waals surface area contributed by atoms with Gasteiger partial charge >= 0.3 is 6.03 Å². The molecule has 0 radical (unpaired) electrons. The van der Waals surface area contributed by atoms with Gasteiger partial charge in [0.25, 0.3) is 0 Å². The largest absolute Gasteiger partial charge is 0.336 e. The van der Waals surface area contributed by atoms with Crippen LogP contribution in [-0.4, -0.2) is 48.5 Å². The van der Waals surface area contributed by atoms with E-state index >= 15 is 0 Å². The minimum absolute atomic E-state index is 0.0848. The molecule has 0 aliphatic carbocycles. The lowest BCUT2D eigenvalue weighted by Gasteiger charge is -2.28. The molecule has 5 heteroatoms. The van der Waals surface area contributed by atoms with Gasteiger partial charge in [-0.1, -0.05) is 35.9 Å². The number of aromatic nitrogens is 1. The maximum Gasteiger partial charge on any atom is 0.317 e. The number of pyridine rings is 1. The summed E-state index contributed by atoms with van der Waals surface area (Å²) in [6.07, 6.45) is 1.75. The number of rotatable bonds is 6. The molecule has 2 unspecified atom stereocenters. The maximum atomic E-state index is 12.5. The summed E-state index contributed by atoms with van der Waals surface area (Å²) in [7, 11) is 5.85. The van der Waals surface area contributed by atoms with Crippen LogP contribution in [0.25, 0.3) is 0 Å². The van der Waals surface area contributed by atoms with Gasteiger partial charge in [0.2, 0.25) is 0 Å². The Morgan fingerprint density at radius 3 is 2.36 bits per heavy atom. The van der Waals surface area contributed by atoms with Crippen LogP contribution in [0.2, 0.25) is 0 Å². The zero-order chi connectivity index (χ0) is 18.4. The number of likely N-dealkylation sites (N-methyl/N-ethyl adjacent to an activating group) is 1. The highest BCUT2D eigenvalue weighted by atomic mass is 16.2. The first-order chi connectivity index (χ1) is 11.9. The number of benzene rings is 1. The van der Waals surface area contributed by atoms with E-state index in [9.17, 15) is 4.79 Å². The Morgan fingerprint density at radius 1 is 1.12 bits per heavy atom. The normalized spacial score (nSPS) is 13.4. The Labute approximate surface area is 150 Å². The smallest absolute Gasteiger partial charge is 0.317 e. The first kappa shape index (κ1) is 18.9. The van der Waals surface area contributed by atoms with Gasteiger partial charge in [-0.3, -0.25) is 4.98 Å². The minimum atomic E-state index is -0.0999. The lowest BCUT2D eigenvalue weighted by atomic mass is 10.0. The average Bonchev–Trinajstić information content (AvgIpc) is 2.62. The molecule has 0 saturated carbocycles. The number of nitrogens with zero attached hydrogens (tertiary/aromatic N) is 3. The Morgan fingerprint density at radius 2 is 1.80 bits per heavy atom. The summed E-state index contributed by atoms with van der Waals surface area (Å²) in [6, 6.07) is 14.1. The lowest BCUT2D eigenvalue weighted by molar-refractivity contribution is 0.188. The fraction of sp³-hybridized carbons (Fsp3) is 0.400. The van der Waals surface area contributed by atoms with Crippen molar-refractivity contribution >= 4 is 6.03 Å². The molecule has 1 N–H and O–H groups in total. The Hall–Kier alpha value is -2.40. The predicted octanol–water partition coefficient (Wildman–Crippen LogP) is 3.40. The number of aryl methyl sites for hydroxylation is 1. The fourth-order valence-electron chi connectivity index (χ4n) is 2.69. The van der Waals surface area contributed by atoms with Crippen LogP contribution >= 0.6 is 0 Å². The zero-order valence-corrected chi connectivity index (χ0v) is 15.7. The quantitative estimate of drug-likeness (QED) is 0.877. The molecular formula is C20H28N4O. The van der Waals surface area contributed by atoms with Crippen LogP contribution in [0.1, 0.15) is 35.8 Å². The zero-order valence-electron chi connectivity index (χ0n) is 15.7. The summed E-state index contributed by atoms with van der Waals surface area (Å²) in [6.45, 7) is 4.60. The maximum absolute atomic E-state index is 12.5. The van der Waals surface area contributed by atoms with Gasteiger partial charge in [0.05, 0.1) is 17.8 Å². The summed E-state index contributed by atoms with van der Waals surface area (Å²) in [5.41, 5.74) is 3.30. The van der Waals surface area contributed by atoms with E-state index < -0.39 is 0 Å². The van der Waals surface area contributed by atoms with Crippen LogP contribution in [0.3, 0.4) is 0 Å². The molecule has 0 spiro atoms. The molecule has 0 fully saturated rings. The second kappa shape index (κ2) is 8.62. The molecule has 2 rings (SSSR count). The number of urea groups is 1. The van der Waals surface area contributed by atoms with E-state index in [1.807, 2.05) is 39.2 Å². The van der Waals surface area contributed by atoms with Crippen molar-refractivity contribution in [2.45, 2.75) is 25.9 Å². The summed E-state index contributed by atoms with van der Waals surface area (Å²) in [5.74, 6) is 0. The van der Waals surface area contributed by atoms with Crippen molar-refractivity contribution < 1.29 is 4.79 Å². The van der Waals surface area contributed by atoms with Crippen molar-refractivity contribution in [3.8, 4) is 0 Å². The van der Waals surface area contributed by atoms with Crippen molar-refractivity contribution in [1.82, 2.24) is 20.1 Å². The molecule has 1 aromatic carbocycles. The van der Waals surface area contributed by atoms with Gasteiger partial charge in [-0.25, -0.2) is 4.79 Å². The molecule has 2 aromatic rings. The van der Waals surface area contributed by atoms with Crippen LogP contribution in [0.5, 0.6) is 0 Å². The molecule has 1 heterocycles. The molecule has 0 saturated heterocycles. The number of amides is 2. The van der Waals surface area contributed by atoms with Gasteiger partial charge < -0.3 is 15.1 Å². The summed E-state index contributed by atoms with van der Waals surface area (Å²) in [5, 5.41) is 3.05. The third kappa shape index (κ3) is 5.03. The van der Waals surface area contributed by atoms with E-state index in [0.717, 1.165) is 5.69 Å². The van der Waals surface area contributed by atoms with E-state index in [2.05, 4.69) is 46.4 Å². The predicted molar refractivity (Wildman–Crippen MR) is 101 cm³/mol. The summed E-state index contributed by atoms with van der Waals surface area (Å²) in [4.78, 5) is 20.7. The molecule has 0 aliphatic rings. The standard InChI is InChI=1S/C20H28N4O/c1-15-9-11-17(12-10-15)19(23(3)4)14-22-20(25)24(5)16(2)18-8-6-7-13-21-18/h6-13,16,19H,14H2,1-5H3,(H,22,25). The third-order valence-electron chi connectivity index (χ3n) is 4.55. The van der Waals surface area contributed by atoms with Gasteiger partial charge in [-0.05, 0) is 45.6 Å². The Kier molecular flexibility index (Phi) is 6.53. The van der Waals surface area contributed by atoms with Gasteiger partial charge in [0.1, 0.15) is 0 Å². The van der Waals surface area contributed by atoms with E-state index in [1.54, 1.807) is 18.1 Å². The van der Waals surface area contributed by atoms with Gasteiger partial charge in [0.15, 0.2) is 0 Å². The van der Waals surface area contributed by atoms with Crippen molar-refractivity contribution in [2.75, 3.05) is 27.7 Å². The second-order valence-corrected chi connectivity index (χ2v) is 6.62. The number of hydrogen-bond acceptors (Lipinski definition) is 3. The lowest BCUT2D eigenvalue weighted by Crippen LogP contribution is -2.42. The Bertz CT molecular complexity index is 670. The van der Waals surface area contributed by atoms with E-state index in [1.165, 1.54) is 11.1 Å². The second-order valence-electron chi connectivity index (χ2n) is 6.62. The molecule has 134 valence electrons. The Balaban J connectivity index is 1.99. The van der Waals surface area contributed by atoms with Crippen molar-refractivity contribution in [3.05, 3.63) is 65.5 Å². The van der Waals surface area contributed by atoms with Gasteiger partial charge in [0, 0.05) is 19.8 Å². The minimum Gasteiger partial charge on any atom is -0.336 e. The monoisotopic (exact) mass is 340 g/mol. The van der Waals surface area contributed by atoms with Gasteiger partial charge in [-0.2, -0.15) is 0 Å². The summed E-state index contributed by atoms with van der Waals surface area (Å²) < 4.78 is 0. The highest BCUT2D eigenvalue weighted by Crippen LogP contribution is 2.19. The van der Waals surface area contributed by atoms with E-state index in [4.69, 9.17) is 0 Å². The number of carbonyl (C=O) groups is 1. The number of carbonyl (C=O) groups excluding carboxylic acids is 1. The molecule has 2 amide bonds. The van der Waals surface area contributed by atoms with E-state index in [0.29, 0.717) is 6.54 Å². The van der Waals surface area contributed by atoms with Crippen molar-refractivity contribution in [3.63, 3.8) is 0 Å². The van der Waals surface area contributed by atoms with Crippen LogP contribution in [0.4, 0.5) is 4.79 Å². The molecule has 0 aliphatic heterocycles. The van der Waals surface area contributed by atoms with Crippen LogP contribution in [0.15, 0.2) is 48.7 Å². The molecule has 5 nitrogen and oxygen atoms in total. The third-order valence-corrected chi connectivity index (χ3v) is 4.55. The first-order valence-electron chi connectivity index (χ1n) is 8.54. The van der Waals surface area contributed by atoms with Crippen LogP contribution in [-0.2, 0) is 0 Å². The van der Waals surface area contributed by atoms with Crippen molar-refractivity contribution in [2.24, 2.45) is 0 Å². The first-order valence-corrected chi connectivity index (χ1v) is 8.54. The van der Waals surface area contributed by atoms with Crippen LogP contribution in [0, 0.1) is 6.92 Å². The summed E-state index contributed by atoms with van der Waals surface area (Å²) >= 11 is 0. The van der Waals surface area contributed by atoms with Gasteiger partial charge in [-0.15, -0.1) is 0 Å². The molecule has 2 atom stereocenters. The number of hydrogen-bond donors (Lipinski definition) is 1.